The van der Waals surface area contributed by atoms with Crippen LogP contribution in [0.1, 0.15) is 11.1 Å². The molecule has 126 valence electrons. The number of likely N-dealkylation sites (N-methyl/N-ethyl adjacent to an activating group) is 1. The SMILES string of the molecule is C[N+]12CC[N+](F)(CC1Cc1ccccc1)C(Cc1ccccc1)C2. The van der Waals surface area contributed by atoms with Crippen LogP contribution in [0.5, 0.6) is 0 Å². The van der Waals surface area contributed by atoms with E-state index in [9.17, 15) is 0 Å². The lowest BCUT2D eigenvalue weighted by Crippen LogP contribution is -2.79. The van der Waals surface area contributed by atoms with E-state index >= 15 is 4.48 Å². The second kappa shape index (κ2) is 5.98. The molecule has 0 aromatic heterocycles. The molecule has 2 nitrogen and oxygen atoms in total. The van der Waals surface area contributed by atoms with E-state index in [0.29, 0.717) is 19.1 Å². The Morgan fingerprint density at radius 2 is 1.33 bits per heavy atom. The molecule has 2 aromatic rings. The molecule has 3 heteroatoms. The Hall–Kier alpha value is -1.71. The summed E-state index contributed by atoms with van der Waals surface area (Å²) in [5.41, 5.74) is 2.60. The minimum Gasteiger partial charge on any atom is -0.309 e. The minimum absolute atomic E-state index is 0.0955. The summed E-state index contributed by atoms with van der Waals surface area (Å²) in [6, 6.07) is 21.5. The van der Waals surface area contributed by atoms with E-state index in [2.05, 4.69) is 61.6 Å². The number of hydrogen-bond donors (Lipinski definition) is 0. The maximum atomic E-state index is 15.7. The third kappa shape index (κ3) is 2.87. The molecule has 2 bridgehead atoms. The van der Waals surface area contributed by atoms with Gasteiger partial charge >= 0.3 is 0 Å². The fourth-order valence-corrected chi connectivity index (χ4v) is 4.70. The average molecular weight is 326 g/mol. The van der Waals surface area contributed by atoms with Gasteiger partial charge in [0.1, 0.15) is 19.1 Å². The van der Waals surface area contributed by atoms with E-state index in [-0.39, 0.29) is 10.7 Å². The highest BCUT2D eigenvalue weighted by Crippen LogP contribution is 2.37. The molecule has 5 rings (SSSR count). The van der Waals surface area contributed by atoms with Crippen LogP contribution < -0.4 is 0 Å². The van der Waals surface area contributed by atoms with Gasteiger partial charge in [-0.05, 0) is 15.6 Å². The van der Waals surface area contributed by atoms with Crippen LogP contribution in [0.3, 0.4) is 0 Å². The van der Waals surface area contributed by atoms with Gasteiger partial charge in [0, 0.05) is 12.8 Å². The summed E-state index contributed by atoms with van der Waals surface area (Å²) in [7, 11) is 2.34. The number of hydrogen-bond acceptors (Lipinski definition) is 0. The highest BCUT2D eigenvalue weighted by Gasteiger charge is 2.60. The summed E-state index contributed by atoms with van der Waals surface area (Å²) >= 11 is 0. The first-order chi connectivity index (χ1) is 11.6. The zero-order chi connectivity index (χ0) is 16.6. The van der Waals surface area contributed by atoms with Crippen molar-refractivity contribution >= 4 is 0 Å². The number of nitrogens with zero attached hydrogens (tertiary/aromatic N) is 2. The van der Waals surface area contributed by atoms with E-state index in [4.69, 9.17) is 0 Å². The third-order valence-electron chi connectivity index (χ3n) is 6.29. The summed E-state index contributed by atoms with van der Waals surface area (Å²) < 4.78 is 16.5. The fraction of sp³-hybridized carbons (Fsp3) is 0.429. The van der Waals surface area contributed by atoms with Gasteiger partial charge in [-0.2, -0.15) is 0 Å². The van der Waals surface area contributed by atoms with Crippen molar-refractivity contribution in [2.24, 2.45) is 0 Å². The lowest BCUT2D eigenvalue weighted by atomic mass is 9.90. The van der Waals surface area contributed by atoms with Gasteiger partial charge in [-0.1, -0.05) is 60.7 Å². The molecule has 3 saturated heterocycles. The molecule has 24 heavy (non-hydrogen) atoms. The smallest absolute Gasteiger partial charge is 0.178 e. The second-order valence-electron chi connectivity index (χ2n) is 7.90. The van der Waals surface area contributed by atoms with Crippen molar-refractivity contribution in [3.8, 4) is 0 Å². The van der Waals surface area contributed by atoms with Gasteiger partial charge in [0.15, 0.2) is 19.1 Å². The van der Waals surface area contributed by atoms with E-state index in [1.54, 1.807) is 0 Å². The molecule has 0 N–H and O–H groups in total. The fourth-order valence-electron chi connectivity index (χ4n) is 4.70. The molecule has 3 aliphatic rings. The van der Waals surface area contributed by atoms with Crippen LogP contribution in [0, 0.1) is 0 Å². The van der Waals surface area contributed by atoms with Crippen LogP contribution >= 0.6 is 0 Å². The maximum absolute atomic E-state index is 15.7. The van der Waals surface area contributed by atoms with Crippen LogP contribution in [-0.4, -0.2) is 54.5 Å². The number of piperazine rings is 3. The van der Waals surface area contributed by atoms with Gasteiger partial charge in [-0.15, -0.1) is 4.71 Å². The third-order valence-corrected chi connectivity index (χ3v) is 6.29. The molecule has 3 heterocycles. The Kier molecular flexibility index (Phi) is 3.93. The highest BCUT2D eigenvalue weighted by atomic mass is 19.2. The number of rotatable bonds is 4. The summed E-state index contributed by atoms with van der Waals surface area (Å²) in [4.78, 5) is 0. The first-order valence-electron chi connectivity index (χ1n) is 9.06. The first-order valence-corrected chi connectivity index (χ1v) is 9.06. The zero-order valence-electron chi connectivity index (χ0n) is 14.4. The molecule has 0 amide bonds. The number of quaternary nitrogens is 2. The second-order valence-corrected chi connectivity index (χ2v) is 7.90. The largest absolute Gasteiger partial charge is 0.309 e. The van der Waals surface area contributed by atoms with Gasteiger partial charge < -0.3 is 4.48 Å². The lowest BCUT2D eigenvalue weighted by molar-refractivity contribution is -1.17. The van der Waals surface area contributed by atoms with Gasteiger partial charge in [-0.3, -0.25) is 0 Å². The van der Waals surface area contributed by atoms with Crippen molar-refractivity contribution in [3.63, 3.8) is 0 Å². The summed E-state index contributed by atoms with van der Waals surface area (Å²) in [6.45, 7) is 3.23. The average Bonchev–Trinajstić information content (AvgIpc) is 2.59. The van der Waals surface area contributed by atoms with Gasteiger partial charge in [0.2, 0.25) is 0 Å². The van der Waals surface area contributed by atoms with Crippen molar-refractivity contribution in [1.29, 1.82) is 0 Å². The molecule has 3 aliphatic heterocycles. The summed E-state index contributed by atoms with van der Waals surface area (Å²) in [5, 5.41) is 0. The molecule has 0 saturated carbocycles. The lowest BCUT2D eigenvalue weighted by Gasteiger charge is -2.56. The summed E-state index contributed by atoms with van der Waals surface area (Å²) in [6.07, 6.45) is 1.84. The molecular weight excluding hydrogens is 299 g/mol. The van der Waals surface area contributed by atoms with E-state index in [0.717, 1.165) is 30.4 Å². The van der Waals surface area contributed by atoms with E-state index < -0.39 is 0 Å². The van der Waals surface area contributed by atoms with Crippen molar-refractivity contribution in [1.82, 2.24) is 0 Å². The van der Waals surface area contributed by atoms with E-state index in [1.807, 2.05) is 6.07 Å². The number of halogens is 1. The Morgan fingerprint density at radius 3 is 1.92 bits per heavy atom. The molecular formula is C21H27FN2+2. The van der Waals surface area contributed by atoms with Crippen molar-refractivity contribution < 1.29 is 13.7 Å². The van der Waals surface area contributed by atoms with Crippen LogP contribution in [0.25, 0.3) is 0 Å². The van der Waals surface area contributed by atoms with Crippen molar-refractivity contribution in [3.05, 3.63) is 71.8 Å². The topological polar surface area (TPSA) is 0 Å². The number of fused-ring (bicyclic) bond motifs is 3. The molecule has 0 aliphatic carbocycles. The standard InChI is InChI=1S/C21H27FN2/c1-23-12-13-24(22,17-20(23)14-18-8-4-2-5-9-18)21(16-23)15-19-10-6-3-7-11-19/h2-11,20-21H,12-17H2,1H3/q+2. The van der Waals surface area contributed by atoms with Gasteiger partial charge in [0.05, 0.1) is 7.05 Å². The Labute approximate surface area is 144 Å². The molecule has 0 spiro atoms. The van der Waals surface area contributed by atoms with Crippen molar-refractivity contribution in [2.75, 3.05) is 33.2 Å². The molecule has 4 atom stereocenters. The molecule has 4 unspecified atom stereocenters. The Morgan fingerprint density at radius 1 is 0.792 bits per heavy atom. The van der Waals surface area contributed by atoms with Crippen molar-refractivity contribution in [2.45, 2.75) is 24.9 Å². The Bertz CT molecular complexity index is 628. The predicted molar refractivity (Wildman–Crippen MR) is 94.9 cm³/mol. The predicted octanol–water partition coefficient (Wildman–Crippen LogP) is 3.38. The summed E-state index contributed by atoms with van der Waals surface area (Å²) in [5.74, 6) is 0. The van der Waals surface area contributed by atoms with Crippen LogP contribution in [0.4, 0.5) is 4.48 Å². The van der Waals surface area contributed by atoms with Gasteiger partial charge in [-0.25, -0.2) is 0 Å². The van der Waals surface area contributed by atoms with Gasteiger partial charge in [0.25, 0.3) is 0 Å². The highest BCUT2D eigenvalue weighted by molar-refractivity contribution is 5.17. The zero-order valence-corrected chi connectivity index (χ0v) is 14.4. The monoisotopic (exact) mass is 326 g/mol. The van der Waals surface area contributed by atoms with Crippen LogP contribution in [0.2, 0.25) is 0 Å². The van der Waals surface area contributed by atoms with Crippen LogP contribution in [0.15, 0.2) is 60.7 Å². The molecule has 3 fully saturated rings. The Balaban J connectivity index is 1.53. The molecule has 2 aromatic carbocycles. The number of benzene rings is 2. The minimum atomic E-state index is -0.236. The normalized spacial score (nSPS) is 35.1. The van der Waals surface area contributed by atoms with E-state index in [1.165, 1.54) is 11.1 Å². The maximum Gasteiger partial charge on any atom is 0.178 e. The molecule has 0 radical (unpaired) electrons. The first kappa shape index (κ1) is 15.8. The van der Waals surface area contributed by atoms with Crippen LogP contribution in [-0.2, 0) is 12.8 Å². The quantitative estimate of drug-likeness (QED) is 0.597.